The van der Waals surface area contributed by atoms with Crippen LogP contribution in [0.2, 0.25) is 0 Å². The van der Waals surface area contributed by atoms with Gasteiger partial charge in [-0.15, -0.1) is 11.3 Å². The van der Waals surface area contributed by atoms with E-state index in [2.05, 4.69) is 4.98 Å². The third-order valence-corrected chi connectivity index (χ3v) is 3.60. The van der Waals surface area contributed by atoms with Crippen molar-refractivity contribution in [3.05, 3.63) is 15.6 Å². The van der Waals surface area contributed by atoms with Gasteiger partial charge in [-0.25, -0.2) is 9.78 Å². The number of carbonyl (C=O) groups excluding carboxylic acids is 1. The number of hydrogen-bond acceptors (Lipinski definition) is 5. The van der Waals surface area contributed by atoms with Crippen molar-refractivity contribution < 1.29 is 9.53 Å². The van der Waals surface area contributed by atoms with Crippen LogP contribution in [0.1, 0.15) is 60.9 Å². The van der Waals surface area contributed by atoms with Gasteiger partial charge in [-0.05, 0) is 26.7 Å². The molecule has 0 saturated carbocycles. The van der Waals surface area contributed by atoms with Gasteiger partial charge in [-0.1, -0.05) is 13.8 Å². The van der Waals surface area contributed by atoms with Crippen LogP contribution in [0.3, 0.4) is 0 Å². The molecule has 17 heavy (non-hydrogen) atoms. The lowest BCUT2D eigenvalue weighted by Crippen LogP contribution is -2.28. The summed E-state index contributed by atoms with van der Waals surface area (Å²) in [6.45, 7) is 9.93. The van der Waals surface area contributed by atoms with Crippen molar-refractivity contribution in [2.45, 2.75) is 46.1 Å². The molecule has 0 atom stereocenters. The van der Waals surface area contributed by atoms with Crippen LogP contribution in [0.25, 0.3) is 0 Å². The Morgan fingerprint density at radius 2 is 2.12 bits per heavy atom. The van der Waals surface area contributed by atoms with Crippen molar-refractivity contribution in [2.24, 2.45) is 5.73 Å². The van der Waals surface area contributed by atoms with Gasteiger partial charge in [0.1, 0.15) is 9.88 Å². The molecule has 1 heterocycles. The zero-order chi connectivity index (χ0) is 13.2. The minimum atomic E-state index is -0.529. The third-order valence-electron chi connectivity index (χ3n) is 2.21. The molecule has 0 saturated heterocycles. The highest BCUT2D eigenvalue weighted by atomic mass is 32.1. The molecule has 0 aliphatic heterocycles. The predicted molar refractivity (Wildman–Crippen MR) is 69.4 cm³/mol. The monoisotopic (exact) mass is 256 g/mol. The molecule has 4 nitrogen and oxygen atoms in total. The summed E-state index contributed by atoms with van der Waals surface area (Å²) in [5.41, 5.74) is 6.26. The molecule has 1 rings (SSSR count). The number of nitrogens with two attached hydrogens (primary N) is 1. The van der Waals surface area contributed by atoms with Gasteiger partial charge >= 0.3 is 5.97 Å². The molecule has 0 fully saturated rings. The maximum absolute atomic E-state index is 11.8. The first-order valence-corrected chi connectivity index (χ1v) is 6.56. The Hall–Kier alpha value is -0.940. The fourth-order valence-corrected chi connectivity index (χ4v) is 2.47. The van der Waals surface area contributed by atoms with Gasteiger partial charge < -0.3 is 10.5 Å². The number of hydrogen-bond donors (Lipinski definition) is 1. The van der Waals surface area contributed by atoms with Gasteiger partial charge in [0.15, 0.2) is 0 Å². The van der Waals surface area contributed by atoms with Crippen molar-refractivity contribution in [3.63, 3.8) is 0 Å². The minimum absolute atomic E-state index is 0.182. The van der Waals surface area contributed by atoms with Crippen molar-refractivity contribution in [1.82, 2.24) is 4.98 Å². The molecule has 96 valence electrons. The lowest BCUT2D eigenvalue weighted by atomic mass is 10.1. The van der Waals surface area contributed by atoms with E-state index in [0.29, 0.717) is 11.5 Å². The van der Waals surface area contributed by atoms with Crippen LogP contribution in [-0.2, 0) is 10.3 Å². The van der Waals surface area contributed by atoms with Gasteiger partial charge in [0, 0.05) is 0 Å². The van der Waals surface area contributed by atoms with Crippen LogP contribution in [0.5, 0.6) is 0 Å². The summed E-state index contributed by atoms with van der Waals surface area (Å²) < 4.78 is 5.04. The molecule has 0 radical (unpaired) electrons. The Bertz CT molecular complexity index is 405. The minimum Gasteiger partial charge on any atom is -0.462 e. The molecule has 0 spiro atoms. The van der Waals surface area contributed by atoms with E-state index in [9.17, 15) is 4.79 Å². The summed E-state index contributed by atoms with van der Waals surface area (Å²) in [4.78, 5) is 16.9. The Labute approximate surface area is 106 Å². The normalized spacial score (nSPS) is 11.9. The molecule has 1 aromatic heterocycles. The summed E-state index contributed by atoms with van der Waals surface area (Å²) in [5, 5.41) is 0.768. The van der Waals surface area contributed by atoms with E-state index in [0.717, 1.165) is 10.7 Å². The second-order valence-electron chi connectivity index (χ2n) is 4.83. The van der Waals surface area contributed by atoms with E-state index < -0.39 is 5.54 Å². The predicted octanol–water partition coefficient (Wildman–Crippen LogP) is 2.64. The lowest BCUT2D eigenvalue weighted by Gasteiger charge is -2.13. The lowest BCUT2D eigenvalue weighted by molar-refractivity contribution is 0.0530. The maximum Gasteiger partial charge on any atom is 0.350 e. The molecular weight excluding hydrogens is 236 g/mol. The third kappa shape index (κ3) is 3.26. The summed E-state index contributed by atoms with van der Waals surface area (Å²) in [6, 6.07) is 0. The fourth-order valence-electron chi connectivity index (χ4n) is 1.34. The van der Waals surface area contributed by atoms with Crippen molar-refractivity contribution in [1.29, 1.82) is 0 Å². The van der Waals surface area contributed by atoms with E-state index in [1.54, 1.807) is 6.92 Å². The average Bonchev–Trinajstić information content (AvgIpc) is 2.61. The summed E-state index contributed by atoms with van der Waals surface area (Å²) in [6.07, 6.45) is 0. The maximum atomic E-state index is 11.8. The van der Waals surface area contributed by atoms with E-state index in [4.69, 9.17) is 10.5 Å². The van der Waals surface area contributed by atoms with Gasteiger partial charge in [-0.3, -0.25) is 0 Å². The number of aromatic nitrogens is 1. The number of ether oxygens (including phenoxy) is 1. The number of thiazole rings is 1. The Kier molecular flexibility index (Phi) is 4.27. The van der Waals surface area contributed by atoms with Crippen LogP contribution < -0.4 is 5.73 Å². The zero-order valence-electron chi connectivity index (χ0n) is 11.0. The highest BCUT2D eigenvalue weighted by molar-refractivity contribution is 7.13. The zero-order valence-corrected chi connectivity index (χ0v) is 11.9. The highest BCUT2D eigenvalue weighted by Gasteiger charge is 2.26. The first kappa shape index (κ1) is 14.1. The second kappa shape index (κ2) is 5.14. The van der Waals surface area contributed by atoms with Crippen LogP contribution in [0, 0.1) is 0 Å². The standard InChI is InChI=1S/C12H20N2O2S/c1-6-16-10(15)9-8(7(2)3)14-11(17-9)12(4,5)13/h7H,6,13H2,1-5H3. The Morgan fingerprint density at radius 1 is 1.53 bits per heavy atom. The summed E-state index contributed by atoms with van der Waals surface area (Å²) in [5.74, 6) is -0.119. The SMILES string of the molecule is CCOC(=O)c1sc(C(C)(C)N)nc1C(C)C. The first-order chi connectivity index (χ1) is 7.77. The van der Waals surface area contributed by atoms with Crippen LogP contribution in [0.4, 0.5) is 0 Å². The van der Waals surface area contributed by atoms with Crippen molar-refractivity contribution in [2.75, 3.05) is 6.61 Å². The van der Waals surface area contributed by atoms with Gasteiger partial charge in [0.25, 0.3) is 0 Å². The Morgan fingerprint density at radius 3 is 2.53 bits per heavy atom. The van der Waals surface area contributed by atoms with E-state index in [1.807, 2.05) is 27.7 Å². The highest BCUT2D eigenvalue weighted by Crippen LogP contribution is 2.30. The number of carbonyl (C=O) groups is 1. The largest absolute Gasteiger partial charge is 0.462 e. The van der Waals surface area contributed by atoms with Gasteiger partial charge in [-0.2, -0.15) is 0 Å². The van der Waals surface area contributed by atoms with Gasteiger partial charge in [0.2, 0.25) is 0 Å². The molecule has 0 bridgehead atoms. The smallest absolute Gasteiger partial charge is 0.350 e. The number of nitrogens with zero attached hydrogens (tertiary/aromatic N) is 1. The van der Waals surface area contributed by atoms with Crippen LogP contribution >= 0.6 is 11.3 Å². The molecule has 0 aliphatic rings. The molecule has 2 N–H and O–H groups in total. The fraction of sp³-hybridized carbons (Fsp3) is 0.667. The summed E-state index contributed by atoms with van der Waals surface area (Å²) >= 11 is 1.33. The van der Waals surface area contributed by atoms with Crippen LogP contribution in [0.15, 0.2) is 0 Å². The van der Waals surface area contributed by atoms with E-state index >= 15 is 0 Å². The molecule has 0 aliphatic carbocycles. The quantitative estimate of drug-likeness (QED) is 0.841. The van der Waals surface area contributed by atoms with Crippen molar-refractivity contribution in [3.8, 4) is 0 Å². The summed E-state index contributed by atoms with van der Waals surface area (Å²) in [7, 11) is 0. The first-order valence-electron chi connectivity index (χ1n) is 5.74. The van der Waals surface area contributed by atoms with Crippen LogP contribution in [-0.4, -0.2) is 17.6 Å². The molecule has 1 aromatic rings. The van der Waals surface area contributed by atoms with Crippen molar-refractivity contribution >= 4 is 17.3 Å². The molecule has 0 amide bonds. The average molecular weight is 256 g/mol. The second-order valence-corrected chi connectivity index (χ2v) is 5.83. The number of esters is 1. The molecular formula is C12H20N2O2S. The topological polar surface area (TPSA) is 65.2 Å². The van der Waals surface area contributed by atoms with E-state index in [-0.39, 0.29) is 11.9 Å². The Balaban J connectivity index is 3.19. The molecule has 0 aromatic carbocycles. The van der Waals surface area contributed by atoms with Gasteiger partial charge in [0.05, 0.1) is 17.8 Å². The molecule has 5 heteroatoms. The number of rotatable bonds is 4. The molecule has 0 unspecified atom stereocenters. The van der Waals surface area contributed by atoms with E-state index in [1.165, 1.54) is 11.3 Å².